The zero-order chi connectivity index (χ0) is 15.2. The van der Waals surface area contributed by atoms with Gasteiger partial charge >= 0.3 is 0 Å². The van der Waals surface area contributed by atoms with Gasteiger partial charge in [-0.05, 0) is 38.0 Å². The van der Waals surface area contributed by atoms with Crippen molar-refractivity contribution in [2.24, 2.45) is 17.3 Å². The minimum atomic E-state index is 0.122. The third kappa shape index (κ3) is 2.65. The first-order valence-electron chi connectivity index (χ1n) is 8.50. The summed E-state index contributed by atoms with van der Waals surface area (Å²) in [6.07, 6.45) is 7.32. The molecule has 0 aromatic carbocycles. The third-order valence-electron chi connectivity index (χ3n) is 5.70. The standard InChI is InChI=1S/C18H29NO2/c1-12(2)11-13-16(18(13,3)4)17(20)19-9-10-21-15-8-6-5-7-14(15)19/h11,13-16H,5-10H2,1-4H3. The van der Waals surface area contributed by atoms with Crippen molar-refractivity contribution in [3.8, 4) is 0 Å². The van der Waals surface area contributed by atoms with Crippen LogP contribution in [0.3, 0.4) is 0 Å². The van der Waals surface area contributed by atoms with Gasteiger partial charge in [-0.3, -0.25) is 4.79 Å². The smallest absolute Gasteiger partial charge is 0.227 e. The zero-order valence-corrected chi connectivity index (χ0v) is 13.9. The number of rotatable bonds is 2. The molecule has 21 heavy (non-hydrogen) atoms. The Morgan fingerprint density at radius 3 is 2.67 bits per heavy atom. The third-order valence-corrected chi connectivity index (χ3v) is 5.70. The van der Waals surface area contributed by atoms with Crippen molar-refractivity contribution >= 4 is 5.91 Å². The number of hydrogen-bond acceptors (Lipinski definition) is 2. The highest BCUT2D eigenvalue weighted by molar-refractivity contribution is 5.84. The molecular formula is C18H29NO2. The Labute approximate surface area is 128 Å². The Morgan fingerprint density at radius 1 is 1.24 bits per heavy atom. The average molecular weight is 291 g/mol. The van der Waals surface area contributed by atoms with Crippen LogP contribution in [0.25, 0.3) is 0 Å². The van der Waals surface area contributed by atoms with Crippen LogP contribution in [-0.4, -0.2) is 36.1 Å². The molecule has 2 saturated carbocycles. The molecule has 0 spiro atoms. The van der Waals surface area contributed by atoms with E-state index in [0.29, 0.717) is 30.6 Å². The fourth-order valence-corrected chi connectivity index (χ4v) is 4.37. The van der Waals surface area contributed by atoms with Crippen LogP contribution in [0.5, 0.6) is 0 Å². The molecule has 1 saturated heterocycles. The van der Waals surface area contributed by atoms with Crippen LogP contribution in [0.4, 0.5) is 0 Å². The molecule has 3 aliphatic rings. The van der Waals surface area contributed by atoms with E-state index >= 15 is 0 Å². The van der Waals surface area contributed by atoms with Crippen LogP contribution < -0.4 is 0 Å². The molecule has 0 bridgehead atoms. The Morgan fingerprint density at radius 2 is 1.95 bits per heavy atom. The lowest BCUT2D eigenvalue weighted by Gasteiger charge is -2.44. The number of morpholine rings is 1. The summed E-state index contributed by atoms with van der Waals surface area (Å²) in [6, 6.07) is 0.337. The maximum atomic E-state index is 13.1. The van der Waals surface area contributed by atoms with Crippen LogP contribution in [0.15, 0.2) is 11.6 Å². The molecule has 4 atom stereocenters. The summed E-state index contributed by atoms with van der Waals surface area (Å²) in [4.78, 5) is 15.2. The quantitative estimate of drug-likeness (QED) is 0.730. The fourth-order valence-electron chi connectivity index (χ4n) is 4.37. The number of carbonyl (C=O) groups excluding carboxylic acids is 1. The molecule has 3 rings (SSSR count). The van der Waals surface area contributed by atoms with E-state index in [-0.39, 0.29) is 11.3 Å². The molecule has 0 N–H and O–H groups in total. The molecule has 0 radical (unpaired) electrons. The van der Waals surface area contributed by atoms with Crippen molar-refractivity contribution < 1.29 is 9.53 Å². The van der Waals surface area contributed by atoms with Gasteiger partial charge in [0.1, 0.15) is 0 Å². The van der Waals surface area contributed by atoms with Gasteiger partial charge in [0.15, 0.2) is 0 Å². The monoisotopic (exact) mass is 291 g/mol. The van der Waals surface area contributed by atoms with Gasteiger partial charge < -0.3 is 9.64 Å². The lowest BCUT2D eigenvalue weighted by molar-refractivity contribution is -0.151. The minimum absolute atomic E-state index is 0.122. The molecule has 4 unspecified atom stereocenters. The van der Waals surface area contributed by atoms with Gasteiger partial charge in [-0.25, -0.2) is 0 Å². The molecule has 0 aromatic heterocycles. The first-order valence-corrected chi connectivity index (χ1v) is 8.50. The fraction of sp³-hybridized carbons (Fsp3) is 0.833. The zero-order valence-electron chi connectivity index (χ0n) is 13.9. The summed E-state index contributed by atoms with van der Waals surface area (Å²) in [7, 11) is 0. The van der Waals surface area contributed by atoms with E-state index in [1.54, 1.807) is 0 Å². The van der Waals surface area contributed by atoms with Crippen LogP contribution in [0.1, 0.15) is 53.4 Å². The van der Waals surface area contributed by atoms with Crippen LogP contribution in [0, 0.1) is 17.3 Å². The Balaban J connectivity index is 1.74. The van der Waals surface area contributed by atoms with E-state index in [4.69, 9.17) is 4.74 Å². The average Bonchev–Trinajstić information content (AvgIpc) is 2.97. The van der Waals surface area contributed by atoms with Crippen molar-refractivity contribution in [2.75, 3.05) is 13.2 Å². The summed E-state index contributed by atoms with van der Waals surface area (Å²) in [5.41, 5.74) is 1.44. The number of amides is 1. The predicted octanol–water partition coefficient (Wildman–Crippen LogP) is 3.39. The molecular weight excluding hydrogens is 262 g/mol. The first kappa shape index (κ1) is 15.1. The van der Waals surface area contributed by atoms with Gasteiger partial charge in [0.25, 0.3) is 0 Å². The van der Waals surface area contributed by atoms with E-state index in [1.807, 2.05) is 0 Å². The largest absolute Gasteiger partial charge is 0.374 e. The van der Waals surface area contributed by atoms with Crippen molar-refractivity contribution in [1.29, 1.82) is 0 Å². The van der Waals surface area contributed by atoms with Gasteiger partial charge in [0, 0.05) is 6.54 Å². The maximum absolute atomic E-state index is 13.1. The number of carbonyl (C=O) groups is 1. The van der Waals surface area contributed by atoms with Gasteiger partial charge in [0.2, 0.25) is 5.91 Å². The predicted molar refractivity (Wildman–Crippen MR) is 83.9 cm³/mol. The second-order valence-corrected chi connectivity index (χ2v) is 7.86. The number of hydrogen-bond donors (Lipinski definition) is 0. The summed E-state index contributed by atoms with van der Waals surface area (Å²) in [5.74, 6) is 0.968. The van der Waals surface area contributed by atoms with Crippen molar-refractivity contribution in [1.82, 2.24) is 4.90 Å². The lowest BCUT2D eigenvalue weighted by atomic mass is 9.89. The summed E-state index contributed by atoms with van der Waals surface area (Å²) >= 11 is 0. The van der Waals surface area contributed by atoms with Crippen LogP contribution in [0.2, 0.25) is 0 Å². The highest BCUT2D eigenvalue weighted by Crippen LogP contribution is 2.60. The first-order chi connectivity index (χ1) is 9.93. The Hall–Kier alpha value is -0.830. The van der Waals surface area contributed by atoms with Crippen molar-refractivity contribution in [3.05, 3.63) is 11.6 Å². The second kappa shape index (κ2) is 5.42. The molecule has 118 valence electrons. The van der Waals surface area contributed by atoms with Crippen LogP contribution >= 0.6 is 0 Å². The molecule has 2 aliphatic carbocycles. The second-order valence-electron chi connectivity index (χ2n) is 7.86. The summed E-state index contributed by atoms with van der Waals surface area (Å²) < 4.78 is 5.90. The molecule has 3 fully saturated rings. The number of ether oxygens (including phenoxy) is 1. The van der Waals surface area contributed by atoms with Gasteiger partial charge in [-0.1, -0.05) is 38.3 Å². The topological polar surface area (TPSA) is 29.5 Å². The molecule has 1 amide bonds. The van der Waals surface area contributed by atoms with Gasteiger partial charge in [-0.2, -0.15) is 0 Å². The lowest BCUT2D eigenvalue weighted by Crippen LogP contribution is -2.55. The number of fused-ring (bicyclic) bond motifs is 1. The van der Waals surface area contributed by atoms with E-state index in [1.165, 1.54) is 18.4 Å². The van der Waals surface area contributed by atoms with E-state index in [9.17, 15) is 4.79 Å². The molecule has 0 aromatic rings. The summed E-state index contributed by atoms with van der Waals surface area (Å²) in [6.45, 7) is 10.2. The molecule has 3 nitrogen and oxygen atoms in total. The van der Waals surface area contributed by atoms with Gasteiger partial charge in [0.05, 0.1) is 24.7 Å². The minimum Gasteiger partial charge on any atom is -0.374 e. The number of allylic oxidation sites excluding steroid dienone is 2. The molecule has 1 aliphatic heterocycles. The summed E-state index contributed by atoms with van der Waals surface area (Å²) in [5, 5.41) is 0. The highest BCUT2D eigenvalue weighted by atomic mass is 16.5. The van der Waals surface area contributed by atoms with Crippen molar-refractivity contribution in [3.63, 3.8) is 0 Å². The van der Waals surface area contributed by atoms with Gasteiger partial charge in [-0.15, -0.1) is 0 Å². The molecule has 1 heterocycles. The van der Waals surface area contributed by atoms with E-state index < -0.39 is 0 Å². The maximum Gasteiger partial charge on any atom is 0.227 e. The highest BCUT2D eigenvalue weighted by Gasteiger charge is 2.62. The normalized spacial score (nSPS) is 37.6. The van der Waals surface area contributed by atoms with E-state index in [2.05, 4.69) is 38.7 Å². The Kier molecular flexibility index (Phi) is 3.89. The Bertz CT molecular complexity index is 448. The molecule has 3 heteroatoms. The number of nitrogens with zero attached hydrogens (tertiary/aromatic N) is 1. The van der Waals surface area contributed by atoms with E-state index in [0.717, 1.165) is 19.4 Å². The van der Waals surface area contributed by atoms with Crippen LogP contribution in [-0.2, 0) is 9.53 Å². The SMILES string of the molecule is CC(C)=CC1C(C(=O)N2CCOC3CCCCC32)C1(C)C. The van der Waals surface area contributed by atoms with Crippen molar-refractivity contribution in [2.45, 2.75) is 65.5 Å².